The van der Waals surface area contributed by atoms with Gasteiger partial charge in [0.1, 0.15) is 0 Å². The van der Waals surface area contributed by atoms with Crippen molar-refractivity contribution in [1.29, 1.82) is 0 Å². The van der Waals surface area contributed by atoms with Crippen LogP contribution in [0.5, 0.6) is 11.5 Å². The third kappa shape index (κ3) is 5.26. The van der Waals surface area contributed by atoms with E-state index in [0.717, 1.165) is 43.9 Å². The zero-order chi connectivity index (χ0) is 19.2. The molecule has 1 fully saturated rings. The van der Waals surface area contributed by atoms with Gasteiger partial charge in [0, 0.05) is 6.54 Å². The second kappa shape index (κ2) is 9.27. The quantitative estimate of drug-likeness (QED) is 0.644. The lowest BCUT2D eigenvalue weighted by Gasteiger charge is -2.17. The topological polar surface area (TPSA) is 30.5 Å². The van der Waals surface area contributed by atoms with Gasteiger partial charge < -0.3 is 14.8 Å². The monoisotopic (exact) mass is 367 g/mol. The molecule has 2 aromatic carbocycles. The molecule has 1 aliphatic carbocycles. The number of ether oxygens (including phenoxy) is 2. The van der Waals surface area contributed by atoms with Crippen molar-refractivity contribution in [2.24, 2.45) is 0 Å². The Labute approximate surface area is 164 Å². The number of methoxy groups -OCH3 is 1. The maximum absolute atomic E-state index is 6.21. The molecule has 1 aliphatic rings. The summed E-state index contributed by atoms with van der Waals surface area (Å²) in [5, 5.41) is 3.60. The molecule has 1 saturated carbocycles. The lowest BCUT2D eigenvalue weighted by atomic mass is 10.00. The number of benzene rings is 2. The average molecular weight is 368 g/mol. The van der Waals surface area contributed by atoms with Crippen molar-refractivity contribution in [3.63, 3.8) is 0 Å². The highest BCUT2D eigenvalue weighted by Gasteiger charge is 2.18. The predicted molar refractivity (Wildman–Crippen MR) is 112 cm³/mol. The van der Waals surface area contributed by atoms with E-state index >= 15 is 0 Å². The summed E-state index contributed by atoms with van der Waals surface area (Å²) in [5.41, 5.74) is 6.78. The Morgan fingerprint density at radius 2 is 1.67 bits per heavy atom. The summed E-state index contributed by atoms with van der Waals surface area (Å²) in [5.74, 6) is 1.73. The van der Waals surface area contributed by atoms with Crippen molar-refractivity contribution >= 4 is 0 Å². The fourth-order valence-electron chi connectivity index (χ4n) is 4.09. The van der Waals surface area contributed by atoms with Crippen molar-refractivity contribution < 1.29 is 9.47 Å². The Morgan fingerprint density at radius 1 is 0.963 bits per heavy atom. The zero-order valence-electron chi connectivity index (χ0n) is 17.2. The Bertz CT molecular complexity index is 740. The largest absolute Gasteiger partial charge is 0.493 e. The molecule has 2 aromatic rings. The minimum atomic E-state index is 0.347. The van der Waals surface area contributed by atoms with Gasteiger partial charge in [-0.15, -0.1) is 0 Å². The third-order valence-corrected chi connectivity index (χ3v) is 5.56. The highest BCUT2D eigenvalue weighted by Crippen LogP contribution is 2.32. The Hall–Kier alpha value is -2.00. The smallest absolute Gasteiger partial charge is 0.161 e. The van der Waals surface area contributed by atoms with Crippen LogP contribution in [0.1, 0.15) is 53.5 Å². The van der Waals surface area contributed by atoms with E-state index in [-0.39, 0.29) is 0 Å². The van der Waals surface area contributed by atoms with E-state index in [0.29, 0.717) is 6.10 Å². The fraction of sp³-hybridized carbons (Fsp3) is 0.500. The van der Waals surface area contributed by atoms with Crippen LogP contribution in [0.3, 0.4) is 0 Å². The second-order valence-corrected chi connectivity index (χ2v) is 7.81. The van der Waals surface area contributed by atoms with Gasteiger partial charge in [-0.3, -0.25) is 0 Å². The Kier molecular flexibility index (Phi) is 6.78. The molecule has 0 heterocycles. The van der Waals surface area contributed by atoms with Gasteiger partial charge >= 0.3 is 0 Å². The van der Waals surface area contributed by atoms with Crippen LogP contribution in [0.4, 0.5) is 0 Å². The molecule has 0 spiro atoms. The molecule has 0 aromatic heterocycles. The maximum atomic E-state index is 6.21. The van der Waals surface area contributed by atoms with Crippen LogP contribution in [0, 0.1) is 20.8 Å². The summed E-state index contributed by atoms with van der Waals surface area (Å²) in [6.45, 7) is 8.42. The molecule has 27 heavy (non-hydrogen) atoms. The minimum absolute atomic E-state index is 0.347. The molecule has 0 amide bonds. The van der Waals surface area contributed by atoms with Crippen LogP contribution in [-0.2, 0) is 13.0 Å². The first-order valence-corrected chi connectivity index (χ1v) is 10.2. The first-order chi connectivity index (χ1) is 13.1. The third-order valence-electron chi connectivity index (χ3n) is 5.56. The summed E-state index contributed by atoms with van der Waals surface area (Å²) < 4.78 is 11.7. The van der Waals surface area contributed by atoms with Crippen LogP contribution in [0.2, 0.25) is 0 Å². The van der Waals surface area contributed by atoms with Gasteiger partial charge in [0.25, 0.3) is 0 Å². The van der Waals surface area contributed by atoms with Gasteiger partial charge in [0.2, 0.25) is 0 Å². The van der Waals surface area contributed by atoms with Crippen molar-refractivity contribution in [3.8, 4) is 11.5 Å². The number of rotatable bonds is 8. The molecule has 3 nitrogen and oxygen atoms in total. The summed E-state index contributed by atoms with van der Waals surface area (Å²) >= 11 is 0. The second-order valence-electron chi connectivity index (χ2n) is 7.81. The SMILES string of the molecule is COc1ccc(CCNCc2c(C)cc(C)cc2C)cc1OC1CCCC1. The first-order valence-electron chi connectivity index (χ1n) is 10.2. The maximum Gasteiger partial charge on any atom is 0.161 e. The molecule has 0 aliphatic heterocycles. The molecule has 146 valence electrons. The van der Waals surface area contributed by atoms with Crippen LogP contribution in [0.25, 0.3) is 0 Å². The van der Waals surface area contributed by atoms with E-state index in [9.17, 15) is 0 Å². The summed E-state index contributed by atoms with van der Waals surface area (Å²) in [4.78, 5) is 0. The molecular weight excluding hydrogens is 334 g/mol. The van der Waals surface area contributed by atoms with E-state index in [1.165, 1.54) is 40.7 Å². The van der Waals surface area contributed by atoms with Gasteiger partial charge in [0.05, 0.1) is 13.2 Å². The van der Waals surface area contributed by atoms with Gasteiger partial charge in [-0.25, -0.2) is 0 Å². The molecule has 3 heteroatoms. The van der Waals surface area contributed by atoms with Gasteiger partial charge in [-0.2, -0.15) is 0 Å². The summed E-state index contributed by atoms with van der Waals surface area (Å²) in [6.07, 6.45) is 6.19. The van der Waals surface area contributed by atoms with Crippen molar-refractivity contribution in [2.45, 2.75) is 65.5 Å². The van der Waals surface area contributed by atoms with E-state index in [1.54, 1.807) is 7.11 Å². The predicted octanol–water partition coefficient (Wildman–Crippen LogP) is 5.27. The fourth-order valence-corrected chi connectivity index (χ4v) is 4.09. The molecule has 1 N–H and O–H groups in total. The van der Waals surface area contributed by atoms with Crippen molar-refractivity contribution in [2.75, 3.05) is 13.7 Å². The molecule has 0 radical (unpaired) electrons. The van der Waals surface area contributed by atoms with Gasteiger partial charge in [0.15, 0.2) is 11.5 Å². The van der Waals surface area contributed by atoms with E-state index < -0.39 is 0 Å². The van der Waals surface area contributed by atoms with Gasteiger partial charge in [-0.05, 0) is 93.8 Å². The summed E-state index contributed by atoms with van der Waals surface area (Å²) in [7, 11) is 1.71. The van der Waals surface area contributed by atoms with E-state index in [2.05, 4.69) is 50.4 Å². The first kappa shape index (κ1) is 19.8. The molecular formula is C24H33NO2. The minimum Gasteiger partial charge on any atom is -0.493 e. The van der Waals surface area contributed by atoms with Crippen LogP contribution in [0.15, 0.2) is 30.3 Å². The normalized spacial score (nSPS) is 14.5. The number of hydrogen-bond acceptors (Lipinski definition) is 3. The summed E-state index contributed by atoms with van der Waals surface area (Å²) in [6, 6.07) is 10.9. The molecule has 0 unspecified atom stereocenters. The van der Waals surface area contributed by atoms with Crippen molar-refractivity contribution in [3.05, 3.63) is 58.1 Å². The number of aryl methyl sites for hydroxylation is 3. The molecule has 3 rings (SSSR count). The number of nitrogens with one attached hydrogen (secondary N) is 1. The van der Waals surface area contributed by atoms with Crippen LogP contribution in [-0.4, -0.2) is 19.8 Å². The lowest BCUT2D eigenvalue weighted by Crippen LogP contribution is -2.18. The molecule has 0 bridgehead atoms. The molecule has 0 atom stereocenters. The molecule has 0 saturated heterocycles. The highest BCUT2D eigenvalue weighted by molar-refractivity contribution is 5.43. The van der Waals surface area contributed by atoms with E-state index in [4.69, 9.17) is 9.47 Å². The van der Waals surface area contributed by atoms with Crippen LogP contribution >= 0.6 is 0 Å². The van der Waals surface area contributed by atoms with Crippen LogP contribution < -0.4 is 14.8 Å². The Morgan fingerprint density at radius 3 is 2.33 bits per heavy atom. The van der Waals surface area contributed by atoms with E-state index in [1.807, 2.05) is 6.07 Å². The average Bonchev–Trinajstić information content (AvgIpc) is 3.13. The highest BCUT2D eigenvalue weighted by atomic mass is 16.5. The zero-order valence-corrected chi connectivity index (χ0v) is 17.2. The standard InChI is InChI=1S/C24H33NO2/c1-17-13-18(2)22(19(3)14-17)16-25-12-11-20-9-10-23(26-4)24(15-20)27-21-7-5-6-8-21/h9-10,13-15,21,25H,5-8,11-12,16H2,1-4H3. The number of hydrogen-bond donors (Lipinski definition) is 1. The lowest BCUT2D eigenvalue weighted by molar-refractivity contribution is 0.200. The van der Waals surface area contributed by atoms with Crippen molar-refractivity contribution in [1.82, 2.24) is 5.32 Å². The van der Waals surface area contributed by atoms with Gasteiger partial charge in [-0.1, -0.05) is 23.8 Å². The Balaban J connectivity index is 1.56.